The van der Waals surface area contributed by atoms with Crippen LogP contribution in [0.25, 0.3) is 0 Å². The first-order chi connectivity index (χ1) is 11.2. The van der Waals surface area contributed by atoms with Gasteiger partial charge in [-0.25, -0.2) is 4.79 Å². The third kappa shape index (κ3) is 10.1. The van der Waals surface area contributed by atoms with Gasteiger partial charge in [0.2, 0.25) is 0 Å². The van der Waals surface area contributed by atoms with E-state index in [0.29, 0.717) is 12.3 Å². The molecule has 140 valence electrons. The van der Waals surface area contributed by atoms with Crippen LogP contribution in [0.2, 0.25) is 0 Å². The Labute approximate surface area is 144 Å². The number of aliphatic carboxylic acids is 1. The summed E-state index contributed by atoms with van der Waals surface area (Å²) in [7, 11) is 0. The lowest BCUT2D eigenvalue weighted by molar-refractivity contribution is -0.174. The van der Waals surface area contributed by atoms with Gasteiger partial charge in [-0.3, -0.25) is 9.59 Å². The number of hydrogen-bond donors (Lipinski definition) is 2. The molecular weight excluding hydrogens is 314 g/mol. The van der Waals surface area contributed by atoms with Gasteiger partial charge in [0, 0.05) is 18.4 Å². The molecule has 3 atom stereocenters. The third-order valence-corrected chi connectivity index (χ3v) is 3.52. The molecule has 0 saturated heterocycles. The van der Waals surface area contributed by atoms with Crippen LogP contribution in [0.1, 0.15) is 66.7 Å². The van der Waals surface area contributed by atoms with Gasteiger partial charge in [-0.1, -0.05) is 47.5 Å². The van der Waals surface area contributed by atoms with Crippen molar-refractivity contribution in [2.75, 3.05) is 0 Å². The van der Waals surface area contributed by atoms with Crippen molar-refractivity contribution in [3.05, 3.63) is 0 Å². The van der Waals surface area contributed by atoms with Gasteiger partial charge in [0.1, 0.15) is 0 Å². The Morgan fingerprint density at radius 2 is 1.71 bits per heavy atom. The summed E-state index contributed by atoms with van der Waals surface area (Å²) in [6, 6.07) is -0.522. The van der Waals surface area contributed by atoms with E-state index in [1.54, 1.807) is 20.8 Å². The fourth-order valence-corrected chi connectivity index (χ4v) is 2.32. The molecular formula is C17H31NO6. The summed E-state index contributed by atoms with van der Waals surface area (Å²) >= 11 is 0. The van der Waals surface area contributed by atoms with Crippen LogP contribution in [0.3, 0.4) is 0 Å². The molecule has 24 heavy (non-hydrogen) atoms. The largest absolute Gasteiger partial charge is 0.481 e. The standard InChI is InChI=1S/C17H31NO6/c1-6-8-12(5)9-13(10-14(19)20)18-17(22)24-16(11(3)4)23-15(21)7-2/h11-13,16H,6-10H2,1-5H3,(H,18,22)(H,19,20)/t12?,13?,16-/m0/s1. The highest BCUT2D eigenvalue weighted by atomic mass is 16.7. The van der Waals surface area contributed by atoms with Gasteiger partial charge in [0.15, 0.2) is 0 Å². The first kappa shape index (κ1) is 22.2. The van der Waals surface area contributed by atoms with Gasteiger partial charge in [0.25, 0.3) is 6.29 Å². The first-order valence-electron chi connectivity index (χ1n) is 8.57. The van der Waals surface area contributed by atoms with Crippen molar-refractivity contribution >= 4 is 18.0 Å². The Bertz CT molecular complexity index is 410. The molecule has 0 heterocycles. The van der Waals surface area contributed by atoms with E-state index in [1.807, 2.05) is 6.92 Å². The molecule has 0 spiro atoms. The average Bonchev–Trinajstić information content (AvgIpc) is 2.45. The molecule has 0 aliphatic heterocycles. The van der Waals surface area contributed by atoms with Crippen LogP contribution in [0.5, 0.6) is 0 Å². The zero-order chi connectivity index (χ0) is 18.7. The topological polar surface area (TPSA) is 102 Å². The van der Waals surface area contributed by atoms with E-state index in [0.717, 1.165) is 12.8 Å². The lowest BCUT2D eigenvalue weighted by Gasteiger charge is -2.24. The number of nitrogens with one attached hydrogen (secondary N) is 1. The molecule has 2 N–H and O–H groups in total. The van der Waals surface area contributed by atoms with Crippen LogP contribution in [-0.2, 0) is 19.1 Å². The van der Waals surface area contributed by atoms with Gasteiger partial charge in [-0.2, -0.15) is 0 Å². The lowest BCUT2D eigenvalue weighted by atomic mass is 9.95. The number of ether oxygens (including phenoxy) is 2. The van der Waals surface area contributed by atoms with Crippen LogP contribution in [0.4, 0.5) is 4.79 Å². The number of rotatable bonds is 11. The number of carboxylic acid groups (broad SMARTS) is 1. The Balaban J connectivity index is 4.71. The fraction of sp³-hybridized carbons (Fsp3) is 0.824. The molecule has 0 aliphatic rings. The minimum absolute atomic E-state index is 0.176. The molecule has 7 nitrogen and oxygen atoms in total. The molecule has 2 unspecified atom stereocenters. The summed E-state index contributed by atoms with van der Waals surface area (Å²) in [5.74, 6) is -1.36. The summed E-state index contributed by atoms with van der Waals surface area (Å²) in [5.41, 5.74) is 0. The molecule has 0 aromatic heterocycles. The van der Waals surface area contributed by atoms with E-state index < -0.39 is 30.4 Å². The normalized spacial score (nSPS) is 14.6. The Hall–Kier alpha value is -1.79. The van der Waals surface area contributed by atoms with Crippen LogP contribution in [0.15, 0.2) is 0 Å². The molecule has 0 saturated carbocycles. The molecule has 0 aliphatic carbocycles. The van der Waals surface area contributed by atoms with Gasteiger partial charge in [-0.05, 0) is 12.3 Å². The van der Waals surface area contributed by atoms with E-state index in [4.69, 9.17) is 14.6 Å². The van der Waals surface area contributed by atoms with Crippen LogP contribution < -0.4 is 5.32 Å². The summed E-state index contributed by atoms with van der Waals surface area (Å²) in [6.45, 7) is 9.25. The number of amides is 1. The van der Waals surface area contributed by atoms with E-state index in [2.05, 4.69) is 12.2 Å². The van der Waals surface area contributed by atoms with E-state index in [9.17, 15) is 14.4 Å². The Kier molecular flexibility index (Phi) is 10.8. The quantitative estimate of drug-likeness (QED) is 0.440. The number of carbonyl (C=O) groups excluding carboxylic acids is 2. The fourth-order valence-electron chi connectivity index (χ4n) is 2.32. The first-order valence-corrected chi connectivity index (χ1v) is 8.57. The van der Waals surface area contributed by atoms with Crippen LogP contribution in [0, 0.1) is 11.8 Å². The highest BCUT2D eigenvalue weighted by molar-refractivity contribution is 5.72. The van der Waals surface area contributed by atoms with Gasteiger partial charge < -0.3 is 19.9 Å². The second-order valence-electron chi connectivity index (χ2n) is 6.43. The van der Waals surface area contributed by atoms with Crippen molar-refractivity contribution in [1.29, 1.82) is 0 Å². The van der Waals surface area contributed by atoms with Crippen molar-refractivity contribution in [3.63, 3.8) is 0 Å². The molecule has 0 fully saturated rings. The molecule has 0 radical (unpaired) electrons. The summed E-state index contributed by atoms with van der Waals surface area (Å²) in [5, 5.41) is 11.6. The zero-order valence-electron chi connectivity index (χ0n) is 15.3. The van der Waals surface area contributed by atoms with E-state index in [1.165, 1.54) is 0 Å². The maximum atomic E-state index is 12.0. The summed E-state index contributed by atoms with van der Waals surface area (Å²) in [6.07, 6.45) is 0.748. The number of carbonyl (C=O) groups is 3. The number of esters is 1. The smallest absolute Gasteiger partial charge is 0.410 e. The molecule has 7 heteroatoms. The predicted octanol–water partition coefficient (Wildman–Crippen LogP) is 3.32. The predicted molar refractivity (Wildman–Crippen MR) is 89.4 cm³/mol. The Morgan fingerprint density at radius 3 is 2.17 bits per heavy atom. The second kappa shape index (κ2) is 11.7. The molecule has 0 aromatic rings. The van der Waals surface area contributed by atoms with Crippen LogP contribution in [-0.4, -0.2) is 35.5 Å². The molecule has 0 aromatic carbocycles. The molecule has 0 bridgehead atoms. The monoisotopic (exact) mass is 345 g/mol. The van der Waals surface area contributed by atoms with Crippen molar-refractivity contribution in [2.45, 2.75) is 79.1 Å². The summed E-state index contributed by atoms with van der Waals surface area (Å²) < 4.78 is 10.2. The maximum Gasteiger partial charge on any atom is 0.410 e. The molecule has 0 rings (SSSR count). The van der Waals surface area contributed by atoms with Crippen LogP contribution >= 0.6 is 0 Å². The highest BCUT2D eigenvalue weighted by Crippen LogP contribution is 2.16. The Morgan fingerprint density at radius 1 is 1.08 bits per heavy atom. The summed E-state index contributed by atoms with van der Waals surface area (Å²) in [4.78, 5) is 34.4. The van der Waals surface area contributed by atoms with Gasteiger partial charge in [-0.15, -0.1) is 0 Å². The third-order valence-electron chi connectivity index (χ3n) is 3.52. The van der Waals surface area contributed by atoms with Gasteiger partial charge >= 0.3 is 18.0 Å². The van der Waals surface area contributed by atoms with Crippen molar-refractivity contribution in [3.8, 4) is 0 Å². The van der Waals surface area contributed by atoms with Crippen molar-refractivity contribution in [1.82, 2.24) is 5.32 Å². The highest BCUT2D eigenvalue weighted by Gasteiger charge is 2.25. The van der Waals surface area contributed by atoms with E-state index in [-0.39, 0.29) is 18.8 Å². The number of carboxylic acids is 1. The lowest BCUT2D eigenvalue weighted by Crippen LogP contribution is -2.41. The van der Waals surface area contributed by atoms with Crippen molar-refractivity contribution < 1.29 is 29.0 Å². The maximum absolute atomic E-state index is 12.0. The second-order valence-corrected chi connectivity index (χ2v) is 6.43. The van der Waals surface area contributed by atoms with Crippen molar-refractivity contribution in [2.24, 2.45) is 11.8 Å². The number of alkyl carbamates (subject to hydrolysis) is 1. The zero-order valence-corrected chi connectivity index (χ0v) is 15.3. The van der Waals surface area contributed by atoms with E-state index >= 15 is 0 Å². The van der Waals surface area contributed by atoms with Gasteiger partial charge in [0.05, 0.1) is 6.42 Å². The average molecular weight is 345 g/mol. The SMILES string of the molecule is CCCC(C)CC(CC(=O)O)NC(=O)O[C@H](OC(=O)CC)C(C)C. The minimum atomic E-state index is -0.990. The molecule has 1 amide bonds. The number of hydrogen-bond acceptors (Lipinski definition) is 5. The minimum Gasteiger partial charge on any atom is -0.481 e.